The van der Waals surface area contributed by atoms with Gasteiger partial charge in [0.05, 0.1) is 18.4 Å². The zero-order valence-electron chi connectivity index (χ0n) is 14.0. The van der Waals surface area contributed by atoms with Crippen molar-refractivity contribution in [3.63, 3.8) is 0 Å². The Morgan fingerprint density at radius 3 is 2.76 bits per heavy atom. The molecule has 0 N–H and O–H groups in total. The Kier molecular flexibility index (Phi) is 5.05. The van der Waals surface area contributed by atoms with E-state index in [9.17, 15) is 4.79 Å². The molecule has 2 aromatic carbocycles. The Bertz CT molecular complexity index is 878. The van der Waals surface area contributed by atoms with Crippen LogP contribution in [-0.2, 0) is 6.54 Å². The van der Waals surface area contributed by atoms with Crippen LogP contribution in [0.2, 0.25) is 5.02 Å². The quantitative estimate of drug-likeness (QED) is 0.699. The second kappa shape index (κ2) is 7.40. The summed E-state index contributed by atoms with van der Waals surface area (Å²) in [5.41, 5.74) is 2.17. The normalized spacial score (nSPS) is 10.5. The molecule has 128 valence electrons. The minimum atomic E-state index is -0.104. The minimum absolute atomic E-state index is 0.104. The molecule has 25 heavy (non-hydrogen) atoms. The van der Waals surface area contributed by atoms with Crippen LogP contribution in [0.5, 0.6) is 5.75 Å². The summed E-state index contributed by atoms with van der Waals surface area (Å²) in [6, 6.07) is 14.6. The van der Waals surface area contributed by atoms with Crippen molar-refractivity contribution in [2.24, 2.45) is 0 Å². The average molecular weight is 356 g/mol. The van der Waals surface area contributed by atoms with Gasteiger partial charge in [0.25, 0.3) is 5.91 Å². The summed E-state index contributed by atoms with van der Waals surface area (Å²) in [5, 5.41) is 4.83. The van der Waals surface area contributed by atoms with Crippen LogP contribution in [0.15, 0.2) is 60.9 Å². The molecule has 0 saturated heterocycles. The first-order chi connectivity index (χ1) is 12.1. The van der Waals surface area contributed by atoms with Crippen LogP contribution >= 0.6 is 11.6 Å². The van der Waals surface area contributed by atoms with Gasteiger partial charge in [0.1, 0.15) is 5.75 Å². The van der Waals surface area contributed by atoms with E-state index in [0.717, 1.165) is 11.3 Å². The highest BCUT2D eigenvalue weighted by Crippen LogP contribution is 2.25. The van der Waals surface area contributed by atoms with E-state index in [0.29, 0.717) is 22.9 Å². The third kappa shape index (κ3) is 3.67. The molecule has 1 amide bonds. The number of benzene rings is 2. The molecule has 0 bridgehead atoms. The number of halogens is 1. The van der Waals surface area contributed by atoms with Gasteiger partial charge < -0.3 is 9.64 Å². The molecule has 0 atom stereocenters. The fraction of sp³-hybridized carbons (Fsp3) is 0.158. The van der Waals surface area contributed by atoms with E-state index >= 15 is 0 Å². The summed E-state index contributed by atoms with van der Waals surface area (Å²) in [5.74, 6) is 0.595. The third-order valence-electron chi connectivity index (χ3n) is 3.88. The van der Waals surface area contributed by atoms with E-state index in [-0.39, 0.29) is 5.91 Å². The highest BCUT2D eigenvalue weighted by Gasteiger charge is 2.18. The molecule has 3 rings (SSSR count). The SMILES string of the molecule is COc1ccc(Cl)cc1CN(C)C(=O)c1ccccc1-n1cccn1. The van der Waals surface area contributed by atoms with Crippen LogP contribution in [0.4, 0.5) is 0 Å². The van der Waals surface area contributed by atoms with Gasteiger partial charge in [-0.25, -0.2) is 4.68 Å². The smallest absolute Gasteiger partial charge is 0.256 e. The second-order valence-electron chi connectivity index (χ2n) is 5.59. The predicted octanol–water partition coefficient (Wildman–Crippen LogP) is 3.81. The number of methoxy groups -OCH3 is 1. The molecule has 0 aliphatic heterocycles. The summed E-state index contributed by atoms with van der Waals surface area (Å²) in [6.07, 6.45) is 3.49. The van der Waals surface area contributed by atoms with Gasteiger partial charge in [-0.1, -0.05) is 23.7 Å². The van der Waals surface area contributed by atoms with Gasteiger partial charge in [-0.2, -0.15) is 5.10 Å². The lowest BCUT2D eigenvalue weighted by Gasteiger charge is -2.20. The Hall–Kier alpha value is -2.79. The summed E-state index contributed by atoms with van der Waals surface area (Å²) in [6.45, 7) is 0.385. The Labute approximate surface area is 151 Å². The largest absolute Gasteiger partial charge is 0.496 e. The van der Waals surface area contributed by atoms with Crippen LogP contribution in [0.25, 0.3) is 5.69 Å². The molecular formula is C19H18ClN3O2. The fourth-order valence-corrected chi connectivity index (χ4v) is 2.86. The number of ether oxygens (including phenoxy) is 1. The molecule has 3 aromatic rings. The monoisotopic (exact) mass is 355 g/mol. The predicted molar refractivity (Wildman–Crippen MR) is 97.4 cm³/mol. The number of para-hydroxylation sites is 1. The van der Waals surface area contributed by atoms with Crippen LogP contribution in [0.1, 0.15) is 15.9 Å². The molecule has 5 nitrogen and oxygen atoms in total. The second-order valence-corrected chi connectivity index (χ2v) is 6.02. The Morgan fingerprint density at radius 1 is 1.24 bits per heavy atom. The lowest BCUT2D eigenvalue weighted by Crippen LogP contribution is -2.27. The zero-order valence-corrected chi connectivity index (χ0v) is 14.8. The summed E-state index contributed by atoms with van der Waals surface area (Å²) in [7, 11) is 3.35. The number of amides is 1. The number of aromatic nitrogens is 2. The first-order valence-electron chi connectivity index (χ1n) is 7.77. The topological polar surface area (TPSA) is 47.4 Å². The van der Waals surface area contributed by atoms with Gasteiger partial charge in [-0.3, -0.25) is 4.79 Å². The average Bonchev–Trinajstić information content (AvgIpc) is 3.16. The van der Waals surface area contributed by atoms with E-state index in [1.807, 2.05) is 36.5 Å². The molecule has 0 radical (unpaired) electrons. The van der Waals surface area contributed by atoms with E-state index < -0.39 is 0 Å². The van der Waals surface area contributed by atoms with Crippen molar-refractivity contribution >= 4 is 17.5 Å². The maximum Gasteiger partial charge on any atom is 0.256 e. The highest BCUT2D eigenvalue weighted by molar-refractivity contribution is 6.30. The molecule has 0 aliphatic rings. The number of carbonyl (C=O) groups is 1. The number of hydrogen-bond donors (Lipinski definition) is 0. The van der Waals surface area contributed by atoms with Crippen LogP contribution in [-0.4, -0.2) is 34.7 Å². The number of hydrogen-bond acceptors (Lipinski definition) is 3. The van der Waals surface area contributed by atoms with Crippen LogP contribution in [0.3, 0.4) is 0 Å². The summed E-state index contributed by atoms with van der Waals surface area (Å²) >= 11 is 6.08. The van der Waals surface area contributed by atoms with Crippen molar-refractivity contribution in [2.75, 3.05) is 14.2 Å². The number of rotatable bonds is 5. The number of nitrogens with zero attached hydrogens (tertiary/aromatic N) is 3. The van der Waals surface area contributed by atoms with Gasteiger partial charge in [0, 0.05) is 36.6 Å². The van der Waals surface area contributed by atoms with Crippen molar-refractivity contribution in [3.05, 3.63) is 77.1 Å². The van der Waals surface area contributed by atoms with Crippen LogP contribution < -0.4 is 4.74 Å². The van der Waals surface area contributed by atoms with Crippen molar-refractivity contribution in [2.45, 2.75) is 6.54 Å². The molecule has 6 heteroatoms. The molecule has 1 heterocycles. The van der Waals surface area contributed by atoms with Crippen molar-refractivity contribution in [1.82, 2.24) is 14.7 Å². The van der Waals surface area contributed by atoms with Gasteiger partial charge in [-0.05, 0) is 36.4 Å². The van der Waals surface area contributed by atoms with E-state index in [4.69, 9.17) is 16.3 Å². The van der Waals surface area contributed by atoms with E-state index in [2.05, 4.69) is 5.10 Å². The molecule has 0 unspecified atom stereocenters. The van der Waals surface area contributed by atoms with Crippen molar-refractivity contribution in [3.8, 4) is 11.4 Å². The van der Waals surface area contributed by atoms with Gasteiger partial charge in [-0.15, -0.1) is 0 Å². The molecule has 0 aliphatic carbocycles. The molecule has 0 spiro atoms. The van der Waals surface area contributed by atoms with E-state index in [1.54, 1.807) is 48.1 Å². The van der Waals surface area contributed by atoms with Gasteiger partial charge in [0.2, 0.25) is 0 Å². The summed E-state index contributed by atoms with van der Waals surface area (Å²) < 4.78 is 7.04. The van der Waals surface area contributed by atoms with E-state index in [1.165, 1.54) is 0 Å². The molecule has 1 aromatic heterocycles. The first-order valence-corrected chi connectivity index (χ1v) is 8.15. The lowest BCUT2D eigenvalue weighted by molar-refractivity contribution is 0.0784. The zero-order chi connectivity index (χ0) is 17.8. The molecule has 0 saturated carbocycles. The maximum atomic E-state index is 13.0. The fourth-order valence-electron chi connectivity index (χ4n) is 2.67. The first kappa shape index (κ1) is 17.0. The molecular weight excluding hydrogens is 338 g/mol. The summed E-state index contributed by atoms with van der Waals surface area (Å²) in [4.78, 5) is 14.6. The minimum Gasteiger partial charge on any atom is -0.496 e. The van der Waals surface area contributed by atoms with Gasteiger partial charge in [0.15, 0.2) is 0 Å². The van der Waals surface area contributed by atoms with Crippen molar-refractivity contribution in [1.29, 1.82) is 0 Å². The van der Waals surface area contributed by atoms with Crippen molar-refractivity contribution < 1.29 is 9.53 Å². The standard InChI is InChI=1S/C19H18ClN3O2/c1-22(13-14-12-15(20)8-9-18(14)25-2)19(24)16-6-3-4-7-17(16)23-11-5-10-21-23/h3-12H,13H2,1-2H3. The van der Waals surface area contributed by atoms with Gasteiger partial charge >= 0.3 is 0 Å². The maximum absolute atomic E-state index is 13.0. The number of carbonyl (C=O) groups excluding carboxylic acids is 1. The molecule has 0 fully saturated rings. The Balaban J connectivity index is 1.88. The third-order valence-corrected chi connectivity index (χ3v) is 4.12. The highest BCUT2D eigenvalue weighted by atomic mass is 35.5. The van der Waals surface area contributed by atoms with Crippen LogP contribution in [0, 0.1) is 0 Å². The Morgan fingerprint density at radius 2 is 2.04 bits per heavy atom. The lowest BCUT2D eigenvalue weighted by atomic mass is 10.1.